The molecule has 0 rings (SSSR count). The molecule has 0 aliphatic heterocycles. The fourth-order valence-electron chi connectivity index (χ4n) is 0.347. The van der Waals surface area contributed by atoms with E-state index >= 15 is 0 Å². The van der Waals surface area contributed by atoms with Gasteiger partial charge in [0.25, 0.3) is 0 Å². The Morgan fingerprint density at radius 2 is 2.38 bits per heavy atom. The third-order valence-electron chi connectivity index (χ3n) is 1.05. The smallest absolute Gasteiger partial charge is 0.129 e. The minimum Gasteiger partial charge on any atom is -0.379 e. The van der Waals surface area contributed by atoms with Crippen LogP contribution < -0.4 is 5.73 Å². The summed E-state index contributed by atoms with van der Waals surface area (Å²) in [5.41, 5.74) is 5.33. The van der Waals surface area contributed by atoms with Gasteiger partial charge < -0.3 is 10.8 Å². The van der Waals surface area contributed by atoms with Crippen molar-refractivity contribution in [3.05, 3.63) is 0 Å². The van der Waals surface area contributed by atoms with Gasteiger partial charge in [0.05, 0.1) is 0 Å². The zero-order valence-electron chi connectivity index (χ0n) is 4.96. The maximum absolute atomic E-state index is 8.77. The summed E-state index contributed by atoms with van der Waals surface area (Å²) in [6.07, 6.45) is 4.80. The molecule has 0 aliphatic rings. The molecule has 0 saturated carbocycles. The maximum atomic E-state index is 8.77. The van der Waals surface area contributed by atoms with Crippen molar-refractivity contribution >= 4 is 0 Å². The zero-order chi connectivity index (χ0) is 6.57. The third kappa shape index (κ3) is 1.97. The molecule has 0 aliphatic carbocycles. The molecule has 2 heteroatoms. The number of aliphatic hydroxyl groups is 1. The average molecular weight is 113 g/mol. The molecule has 0 heterocycles. The Labute approximate surface area is 49.7 Å². The molecule has 0 radical (unpaired) electrons. The molecule has 0 bridgehead atoms. The Hall–Kier alpha value is -0.520. The van der Waals surface area contributed by atoms with Crippen LogP contribution in [0, 0.1) is 12.3 Å². The Balaban J connectivity index is 3.49. The first kappa shape index (κ1) is 7.48. The number of rotatable bonds is 2. The van der Waals surface area contributed by atoms with Crippen molar-refractivity contribution in [1.82, 2.24) is 0 Å². The molecule has 0 aromatic rings. The summed E-state index contributed by atoms with van der Waals surface area (Å²) in [7, 11) is 0. The normalized spacial score (nSPS) is 16.8. The Kier molecular flexibility index (Phi) is 3.25. The summed E-state index contributed by atoms with van der Waals surface area (Å²) in [6.45, 7) is 1.88. The van der Waals surface area contributed by atoms with Gasteiger partial charge >= 0.3 is 0 Å². The van der Waals surface area contributed by atoms with Gasteiger partial charge in [0.2, 0.25) is 0 Å². The SMILES string of the molecule is C#C[C@@H](O)[C@@H](N)CC. The molecule has 46 valence electrons. The predicted molar refractivity (Wildman–Crippen MR) is 33.1 cm³/mol. The number of hydrogen-bond acceptors (Lipinski definition) is 2. The predicted octanol–water partition coefficient (Wildman–Crippen LogP) is -0.282. The second kappa shape index (κ2) is 3.48. The van der Waals surface area contributed by atoms with E-state index in [-0.39, 0.29) is 6.04 Å². The molecule has 3 N–H and O–H groups in total. The van der Waals surface area contributed by atoms with E-state index in [9.17, 15) is 0 Å². The molecule has 0 fully saturated rings. The highest BCUT2D eigenvalue weighted by Crippen LogP contribution is 1.91. The van der Waals surface area contributed by atoms with E-state index in [2.05, 4.69) is 5.92 Å². The van der Waals surface area contributed by atoms with Gasteiger partial charge in [-0.3, -0.25) is 0 Å². The van der Waals surface area contributed by atoms with Gasteiger partial charge in [-0.25, -0.2) is 0 Å². The standard InChI is InChI=1S/C6H11NO/c1-3-5(7)6(8)4-2/h2,5-6,8H,3,7H2,1H3/t5-,6+/m0/s1. The number of aliphatic hydroxyl groups excluding tert-OH is 1. The maximum Gasteiger partial charge on any atom is 0.129 e. The molecule has 0 unspecified atom stereocenters. The highest BCUT2D eigenvalue weighted by Gasteiger charge is 2.06. The molecule has 0 spiro atoms. The number of nitrogens with two attached hydrogens (primary N) is 1. The van der Waals surface area contributed by atoms with Gasteiger partial charge in [-0.2, -0.15) is 0 Å². The summed E-state index contributed by atoms with van der Waals surface area (Å²) < 4.78 is 0. The van der Waals surface area contributed by atoms with E-state index in [1.807, 2.05) is 6.92 Å². The van der Waals surface area contributed by atoms with Gasteiger partial charge in [-0.15, -0.1) is 6.42 Å². The lowest BCUT2D eigenvalue weighted by molar-refractivity contribution is 0.198. The van der Waals surface area contributed by atoms with Crippen LogP contribution in [0.25, 0.3) is 0 Å². The minimum absolute atomic E-state index is 0.264. The highest BCUT2D eigenvalue weighted by atomic mass is 16.3. The van der Waals surface area contributed by atoms with Crippen molar-refractivity contribution in [2.45, 2.75) is 25.5 Å². The van der Waals surface area contributed by atoms with Crippen LogP contribution in [-0.4, -0.2) is 17.3 Å². The molecular weight excluding hydrogens is 102 g/mol. The lowest BCUT2D eigenvalue weighted by atomic mass is 10.1. The number of terminal acetylenes is 1. The Morgan fingerprint density at radius 1 is 1.88 bits per heavy atom. The van der Waals surface area contributed by atoms with Crippen molar-refractivity contribution in [1.29, 1.82) is 0 Å². The van der Waals surface area contributed by atoms with Crippen molar-refractivity contribution in [2.24, 2.45) is 5.73 Å². The summed E-state index contributed by atoms with van der Waals surface area (Å²) in [5.74, 6) is 2.15. The monoisotopic (exact) mass is 113 g/mol. The van der Waals surface area contributed by atoms with Crippen LogP contribution in [0.4, 0.5) is 0 Å². The second-order valence-corrected chi connectivity index (χ2v) is 1.68. The van der Waals surface area contributed by atoms with Crippen LogP contribution in [0.15, 0.2) is 0 Å². The van der Waals surface area contributed by atoms with Crippen LogP contribution in [-0.2, 0) is 0 Å². The zero-order valence-corrected chi connectivity index (χ0v) is 4.96. The van der Waals surface area contributed by atoms with Crippen LogP contribution in [0.2, 0.25) is 0 Å². The second-order valence-electron chi connectivity index (χ2n) is 1.68. The lowest BCUT2D eigenvalue weighted by Crippen LogP contribution is -2.32. The molecule has 2 atom stereocenters. The van der Waals surface area contributed by atoms with Crippen LogP contribution >= 0.6 is 0 Å². The van der Waals surface area contributed by atoms with E-state index in [0.717, 1.165) is 0 Å². The van der Waals surface area contributed by atoms with E-state index in [1.165, 1.54) is 0 Å². The summed E-state index contributed by atoms with van der Waals surface area (Å²) in [4.78, 5) is 0. The molecule has 8 heavy (non-hydrogen) atoms. The van der Waals surface area contributed by atoms with E-state index in [0.29, 0.717) is 6.42 Å². The molecule has 0 saturated heterocycles. The first-order valence-corrected chi connectivity index (χ1v) is 2.62. The lowest BCUT2D eigenvalue weighted by Gasteiger charge is -2.09. The molecular formula is C6H11NO. The van der Waals surface area contributed by atoms with Crippen molar-refractivity contribution in [2.75, 3.05) is 0 Å². The summed E-state index contributed by atoms with van der Waals surface area (Å²) >= 11 is 0. The largest absolute Gasteiger partial charge is 0.379 e. The van der Waals surface area contributed by atoms with Gasteiger partial charge in [0.1, 0.15) is 6.10 Å². The van der Waals surface area contributed by atoms with E-state index in [1.54, 1.807) is 0 Å². The van der Waals surface area contributed by atoms with Crippen LogP contribution in [0.1, 0.15) is 13.3 Å². The van der Waals surface area contributed by atoms with Crippen molar-refractivity contribution < 1.29 is 5.11 Å². The average Bonchev–Trinajstić information content (AvgIpc) is 1.84. The first-order chi connectivity index (χ1) is 3.72. The van der Waals surface area contributed by atoms with Gasteiger partial charge in [0.15, 0.2) is 0 Å². The number of hydrogen-bond donors (Lipinski definition) is 2. The molecule has 0 aromatic heterocycles. The van der Waals surface area contributed by atoms with Crippen molar-refractivity contribution in [3.8, 4) is 12.3 Å². The fourth-order valence-corrected chi connectivity index (χ4v) is 0.347. The summed E-state index contributed by atoms with van der Waals surface area (Å²) in [5, 5.41) is 8.77. The molecule has 0 amide bonds. The van der Waals surface area contributed by atoms with Crippen molar-refractivity contribution in [3.63, 3.8) is 0 Å². The molecule has 0 aromatic carbocycles. The topological polar surface area (TPSA) is 46.2 Å². The third-order valence-corrected chi connectivity index (χ3v) is 1.05. The minimum atomic E-state index is -0.778. The fraction of sp³-hybridized carbons (Fsp3) is 0.667. The van der Waals surface area contributed by atoms with Crippen LogP contribution in [0.5, 0.6) is 0 Å². The van der Waals surface area contributed by atoms with Gasteiger partial charge in [-0.1, -0.05) is 12.8 Å². The Bertz CT molecular complexity index is 95.2. The highest BCUT2D eigenvalue weighted by molar-refractivity contribution is 4.98. The van der Waals surface area contributed by atoms with Gasteiger partial charge in [-0.05, 0) is 6.42 Å². The summed E-state index contributed by atoms with van der Waals surface area (Å²) in [6, 6.07) is -0.264. The van der Waals surface area contributed by atoms with E-state index < -0.39 is 6.10 Å². The molecule has 2 nitrogen and oxygen atoms in total. The van der Waals surface area contributed by atoms with Crippen LogP contribution in [0.3, 0.4) is 0 Å². The van der Waals surface area contributed by atoms with E-state index in [4.69, 9.17) is 17.3 Å². The van der Waals surface area contributed by atoms with Gasteiger partial charge in [0, 0.05) is 6.04 Å². The first-order valence-electron chi connectivity index (χ1n) is 2.62. The Morgan fingerprint density at radius 3 is 2.50 bits per heavy atom. The quantitative estimate of drug-likeness (QED) is 0.484.